The average Bonchev–Trinajstić information content (AvgIpc) is 3.74. The van der Waals surface area contributed by atoms with Crippen LogP contribution in [0.25, 0.3) is 0 Å². The molecule has 20 heteroatoms. The summed E-state index contributed by atoms with van der Waals surface area (Å²) in [6.07, 6.45) is 0.594. The summed E-state index contributed by atoms with van der Waals surface area (Å²) >= 11 is 0. The Kier molecular flexibility index (Phi) is 21.0. The molecule has 66 heavy (non-hydrogen) atoms. The van der Waals surface area contributed by atoms with Gasteiger partial charge in [0.2, 0.25) is 53.2 Å². The van der Waals surface area contributed by atoms with Crippen LogP contribution in [0.5, 0.6) is 5.75 Å². The first-order valence-electron chi connectivity index (χ1n) is 22.3. The van der Waals surface area contributed by atoms with Gasteiger partial charge in [-0.25, -0.2) is 0 Å². The Morgan fingerprint density at radius 2 is 1.21 bits per heavy atom. The SMILES string of the molecule is CC(C)C[C@H](NC(=O)CNC(=O)[C@H](Cc1ccccc1)NC(=O)[C@H](CC(N)=O)NC(=O)[C@H](Cc1ccc(O)cc1)NC(=O)[C@@H](NC(=O)[C@@H]1CCCN1C(=O)[C@@H](N)CC(C)C)C(C)C)C(N)=O. The maximum absolute atomic E-state index is 14.2. The third-order valence-corrected chi connectivity index (χ3v) is 10.9. The first-order chi connectivity index (χ1) is 31.1. The molecule has 0 spiro atoms. The van der Waals surface area contributed by atoms with Crippen molar-refractivity contribution in [3.8, 4) is 5.75 Å². The molecule has 0 radical (unpaired) electrons. The normalized spacial score (nSPS) is 16.3. The fraction of sp³-hybridized carbons (Fsp3) is 0.543. The monoisotopic (exact) mass is 921 g/mol. The number of aromatic hydroxyl groups is 1. The van der Waals surface area contributed by atoms with Crippen molar-refractivity contribution in [1.29, 1.82) is 0 Å². The molecule has 1 saturated heterocycles. The van der Waals surface area contributed by atoms with Crippen LogP contribution in [0, 0.1) is 17.8 Å². The highest BCUT2D eigenvalue weighted by Gasteiger charge is 2.39. The zero-order chi connectivity index (χ0) is 49.2. The molecule has 13 N–H and O–H groups in total. The van der Waals surface area contributed by atoms with Gasteiger partial charge in [0.1, 0.15) is 42.0 Å². The van der Waals surface area contributed by atoms with Gasteiger partial charge in [-0.15, -0.1) is 0 Å². The number of benzene rings is 2. The highest BCUT2D eigenvalue weighted by molar-refractivity contribution is 5.98. The van der Waals surface area contributed by atoms with Crippen molar-refractivity contribution < 1.29 is 48.3 Å². The number of rotatable bonds is 25. The lowest BCUT2D eigenvalue weighted by molar-refractivity contribution is -0.141. The van der Waals surface area contributed by atoms with Crippen LogP contribution >= 0.6 is 0 Å². The summed E-state index contributed by atoms with van der Waals surface area (Å²) in [6, 6.07) is 5.99. The highest BCUT2D eigenvalue weighted by Crippen LogP contribution is 2.21. The Hall–Kier alpha value is -6.57. The summed E-state index contributed by atoms with van der Waals surface area (Å²) in [5, 5.41) is 25.3. The molecule has 1 heterocycles. The molecule has 20 nitrogen and oxygen atoms in total. The number of likely N-dealkylation sites (tertiary alicyclic amines) is 1. The molecule has 0 aliphatic carbocycles. The van der Waals surface area contributed by atoms with Crippen molar-refractivity contribution in [3.63, 3.8) is 0 Å². The summed E-state index contributed by atoms with van der Waals surface area (Å²) in [5.74, 6) is -7.32. The second-order valence-corrected chi connectivity index (χ2v) is 17.9. The minimum Gasteiger partial charge on any atom is -0.508 e. The molecule has 1 aliphatic heterocycles. The topological polar surface area (TPSA) is 327 Å². The van der Waals surface area contributed by atoms with E-state index >= 15 is 0 Å². The van der Waals surface area contributed by atoms with Gasteiger partial charge in [0, 0.05) is 19.4 Å². The Balaban J connectivity index is 1.86. The second-order valence-electron chi connectivity index (χ2n) is 17.9. The molecule has 0 bridgehead atoms. The van der Waals surface area contributed by atoms with Crippen LogP contribution in [0.15, 0.2) is 54.6 Å². The summed E-state index contributed by atoms with van der Waals surface area (Å²) in [4.78, 5) is 121. The quantitative estimate of drug-likeness (QED) is 0.0585. The molecule has 2 aromatic carbocycles. The third-order valence-electron chi connectivity index (χ3n) is 10.9. The first kappa shape index (κ1) is 53.8. The van der Waals surface area contributed by atoms with Crippen LogP contribution in [-0.4, -0.2) is 119 Å². The van der Waals surface area contributed by atoms with E-state index in [4.69, 9.17) is 17.2 Å². The Labute approximate surface area is 385 Å². The lowest BCUT2D eigenvalue weighted by atomic mass is 9.99. The van der Waals surface area contributed by atoms with E-state index in [1.165, 1.54) is 29.2 Å². The smallest absolute Gasteiger partial charge is 0.243 e. The number of hydrogen-bond donors (Lipinski definition) is 10. The van der Waals surface area contributed by atoms with Gasteiger partial charge in [0.25, 0.3) is 0 Å². The lowest BCUT2D eigenvalue weighted by Gasteiger charge is -2.30. The highest BCUT2D eigenvalue weighted by atomic mass is 16.3. The number of hydrogen-bond acceptors (Lipinski definition) is 11. The largest absolute Gasteiger partial charge is 0.508 e. The standard InChI is InChI=1S/C46H68N10O10/c1-25(2)19-31(47)46(66)56-18-10-13-36(56)44(64)55-39(27(5)6)45(65)54-34(22-29-14-16-30(57)17-15-29)42(62)53-35(23-37(48)58)43(63)52-33(21-28-11-8-7-9-12-28)41(61)50-24-38(59)51-32(40(49)60)20-26(3)4/h7-9,11-12,14-17,25-27,31-36,39,57H,10,13,18-24,47H2,1-6H3,(H2,48,58)(H2,49,60)(H,50,61)(H,51,59)(H,52,63)(H,53,62)(H,54,65)(H,55,64)/t31-,32-,33-,34-,35-,36-,39-/m0/s1. The minimum atomic E-state index is -1.68. The number of phenols is 1. The minimum absolute atomic E-state index is 0.0210. The number of nitrogens with zero attached hydrogens (tertiary/aromatic N) is 1. The summed E-state index contributed by atoms with van der Waals surface area (Å²) in [6.45, 7) is 10.7. The van der Waals surface area contributed by atoms with Gasteiger partial charge in [0.15, 0.2) is 0 Å². The van der Waals surface area contributed by atoms with E-state index in [-0.39, 0.29) is 42.8 Å². The fourth-order valence-corrected chi connectivity index (χ4v) is 7.52. The molecule has 2 aromatic rings. The van der Waals surface area contributed by atoms with Crippen LogP contribution in [-0.2, 0) is 56.0 Å². The molecule has 0 unspecified atom stereocenters. The number of carbonyl (C=O) groups is 9. The van der Waals surface area contributed by atoms with Crippen LogP contribution in [0.4, 0.5) is 0 Å². The summed E-state index contributed by atoms with van der Waals surface area (Å²) < 4.78 is 0. The number of carbonyl (C=O) groups excluding carboxylic acids is 9. The van der Waals surface area contributed by atoms with Gasteiger partial charge < -0.3 is 59.1 Å². The Bertz CT molecular complexity index is 2010. The van der Waals surface area contributed by atoms with Crippen molar-refractivity contribution in [3.05, 3.63) is 65.7 Å². The number of phenolic OH excluding ortho intramolecular Hbond substituents is 1. The molecule has 3 rings (SSSR count). The third kappa shape index (κ3) is 17.4. The van der Waals surface area contributed by atoms with Gasteiger partial charge in [0.05, 0.1) is 19.0 Å². The number of nitrogens with two attached hydrogens (primary N) is 3. The molecule has 1 aliphatic rings. The van der Waals surface area contributed by atoms with E-state index in [1.807, 2.05) is 27.7 Å². The van der Waals surface area contributed by atoms with Gasteiger partial charge in [-0.1, -0.05) is 84.0 Å². The lowest BCUT2D eigenvalue weighted by Crippen LogP contribution is -2.61. The zero-order valence-corrected chi connectivity index (χ0v) is 38.6. The molecule has 7 atom stereocenters. The maximum Gasteiger partial charge on any atom is 0.243 e. The summed E-state index contributed by atoms with van der Waals surface area (Å²) in [5.41, 5.74) is 18.2. The van der Waals surface area contributed by atoms with Crippen LogP contribution < -0.4 is 49.1 Å². The first-order valence-corrected chi connectivity index (χ1v) is 22.3. The van der Waals surface area contributed by atoms with Crippen LogP contribution in [0.1, 0.15) is 84.8 Å². The molecule has 0 aromatic heterocycles. The van der Waals surface area contributed by atoms with Crippen molar-refractivity contribution in [1.82, 2.24) is 36.8 Å². The number of amides is 9. The van der Waals surface area contributed by atoms with E-state index < -0.39 is 108 Å². The molecule has 0 saturated carbocycles. The average molecular weight is 921 g/mol. The Morgan fingerprint density at radius 1 is 0.667 bits per heavy atom. The van der Waals surface area contributed by atoms with Crippen molar-refractivity contribution in [2.45, 2.75) is 129 Å². The van der Waals surface area contributed by atoms with E-state index in [2.05, 4.69) is 31.9 Å². The molecule has 9 amide bonds. The van der Waals surface area contributed by atoms with Gasteiger partial charge >= 0.3 is 0 Å². The molecule has 362 valence electrons. The van der Waals surface area contributed by atoms with Gasteiger partial charge in [-0.3, -0.25) is 43.2 Å². The number of primary amides is 2. The Morgan fingerprint density at radius 3 is 1.77 bits per heavy atom. The van der Waals surface area contributed by atoms with Crippen molar-refractivity contribution in [2.24, 2.45) is 35.0 Å². The predicted octanol–water partition coefficient (Wildman–Crippen LogP) is -0.855. The second kappa shape index (κ2) is 25.8. The van der Waals surface area contributed by atoms with Crippen LogP contribution in [0.3, 0.4) is 0 Å². The molecular weight excluding hydrogens is 853 g/mol. The van der Waals surface area contributed by atoms with E-state index in [9.17, 15) is 48.3 Å². The zero-order valence-electron chi connectivity index (χ0n) is 38.6. The van der Waals surface area contributed by atoms with Crippen molar-refractivity contribution >= 4 is 53.2 Å². The van der Waals surface area contributed by atoms with E-state index in [0.29, 0.717) is 36.9 Å². The maximum atomic E-state index is 14.2. The fourth-order valence-electron chi connectivity index (χ4n) is 7.52. The van der Waals surface area contributed by atoms with E-state index in [0.717, 1.165) is 0 Å². The van der Waals surface area contributed by atoms with Crippen LogP contribution in [0.2, 0.25) is 0 Å². The van der Waals surface area contributed by atoms with Gasteiger partial charge in [-0.05, 0) is 66.7 Å². The van der Waals surface area contributed by atoms with Crippen molar-refractivity contribution in [2.75, 3.05) is 13.1 Å². The molecule has 1 fully saturated rings. The predicted molar refractivity (Wildman–Crippen MR) is 244 cm³/mol. The molecular formula is C46H68N10O10. The number of nitrogens with one attached hydrogen (secondary N) is 6. The van der Waals surface area contributed by atoms with Gasteiger partial charge in [-0.2, -0.15) is 0 Å². The van der Waals surface area contributed by atoms with E-state index in [1.54, 1.807) is 44.2 Å². The summed E-state index contributed by atoms with van der Waals surface area (Å²) in [7, 11) is 0.